The molecule has 0 amide bonds. The normalized spacial score (nSPS) is 11.2. The monoisotopic (exact) mass is 280 g/mol. The highest BCUT2D eigenvalue weighted by Gasteiger charge is 2.15. The van der Waals surface area contributed by atoms with Gasteiger partial charge in [0.05, 0.1) is 11.5 Å². The van der Waals surface area contributed by atoms with E-state index in [1.54, 1.807) is 0 Å². The molecule has 0 saturated carbocycles. The molecule has 86 valence electrons. The maximum atomic E-state index is 8.87. The standard InChI is InChI=1S/C13H17BrN2/c1-10-4-5-11(6-12(10)14)7-16-9-13(2,3)8-15/h4-6,16H,7,9H2,1-3H3. The number of hydrogen-bond donors (Lipinski definition) is 1. The van der Waals surface area contributed by atoms with Crippen LogP contribution in [0.2, 0.25) is 0 Å². The first kappa shape index (κ1) is 13.2. The molecule has 0 fully saturated rings. The predicted molar refractivity (Wildman–Crippen MR) is 70.0 cm³/mol. The molecule has 1 aromatic rings. The maximum absolute atomic E-state index is 8.87. The van der Waals surface area contributed by atoms with Gasteiger partial charge in [0.15, 0.2) is 0 Å². The lowest BCUT2D eigenvalue weighted by atomic mass is 9.96. The van der Waals surface area contributed by atoms with Crippen molar-refractivity contribution in [3.63, 3.8) is 0 Å². The zero-order valence-corrected chi connectivity index (χ0v) is 11.6. The summed E-state index contributed by atoms with van der Waals surface area (Å²) < 4.78 is 1.13. The smallest absolute Gasteiger partial charge is 0.0697 e. The van der Waals surface area contributed by atoms with Gasteiger partial charge in [0.1, 0.15) is 0 Å². The molecule has 0 bridgehead atoms. The van der Waals surface area contributed by atoms with Gasteiger partial charge in [-0.05, 0) is 38.0 Å². The molecule has 1 rings (SSSR count). The molecule has 0 unspecified atom stereocenters. The van der Waals surface area contributed by atoms with E-state index in [1.807, 2.05) is 13.8 Å². The first-order valence-electron chi connectivity index (χ1n) is 5.31. The number of halogens is 1. The summed E-state index contributed by atoms with van der Waals surface area (Å²) in [6.07, 6.45) is 0. The van der Waals surface area contributed by atoms with E-state index in [0.29, 0.717) is 6.54 Å². The lowest BCUT2D eigenvalue weighted by Gasteiger charge is -2.16. The van der Waals surface area contributed by atoms with Crippen molar-refractivity contribution in [1.29, 1.82) is 5.26 Å². The van der Waals surface area contributed by atoms with Gasteiger partial charge < -0.3 is 5.32 Å². The molecule has 0 aliphatic heterocycles. The van der Waals surface area contributed by atoms with Crippen LogP contribution in [0.4, 0.5) is 0 Å². The number of aryl methyl sites for hydroxylation is 1. The second-order valence-corrected chi connectivity index (χ2v) is 5.54. The molecule has 0 spiro atoms. The minimum atomic E-state index is -0.304. The molecular formula is C13H17BrN2. The first-order chi connectivity index (χ1) is 7.44. The molecule has 0 aromatic heterocycles. The third kappa shape index (κ3) is 3.96. The SMILES string of the molecule is Cc1ccc(CNCC(C)(C)C#N)cc1Br. The number of nitrogens with zero attached hydrogens (tertiary/aromatic N) is 1. The van der Waals surface area contributed by atoms with Gasteiger partial charge in [-0.3, -0.25) is 0 Å². The van der Waals surface area contributed by atoms with E-state index < -0.39 is 0 Å². The fraction of sp³-hybridized carbons (Fsp3) is 0.462. The van der Waals surface area contributed by atoms with Crippen LogP contribution in [0.1, 0.15) is 25.0 Å². The highest BCUT2D eigenvalue weighted by Crippen LogP contribution is 2.17. The van der Waals surface area contributed by atoms with Gasteiger partial charge in [-0.1, -0.05) is 28.1 Å². The molecule has 0 radical (unpaired) electrons. The molecule has 2 nitrogen and oxygen atoms in total. The van der Waals surface area contributed by atoms with E-state index in [4.69, 9.17) is 5.26 Å². The summed E-state index contributed by atoms with van der Waals surface area (Å²) in [6, 6.07) is 8.59. The average Bonchev–Trinajstić information content (AvgIpc) is 2.23. The van der Waals surface area contributed by atoms with E-state index in [0.717, 1.165) is 11.0 Å². The summed E-state index contributed by atoms with van der Waals surface area (Å²) in [6.45, 7) is 7.44. The summed E-state index contributed by atoms with van der Waals surface area (Å²) in [4.78, 5) is 0. The van der Waals surface area contributed by atoms with Crippen molar-refractivity contribution in [2.75, 3.05) is 6.54 Å². The van der Waals surface area contributed by atoms with Gasteiger partial charge in [0, 0.05) is 17.6 Å². The predicted octanol–water partition coefficient (Wildman–Crippen LogP) is 3.40. The zero-order chi connectivity index (χ0) is 12.2. The summed E-state index contributed by atoms with van der Waals surface area (Å²) >= 11 is 3.51. The third-order valence-electron chi connectivity index (χ3n) is 2.43. The topological polar surface area (TPSA) is 35.8 Å². The van der Waals surface area contributed by atoms with Gasteiger partial charge in [-0.15, -0.1) is 0 Å². The number of benzene rings is 1. The van der Waals surface area contributed by atoms with Crippen molar-refractivity contribution in [2.24, 2.45) is 5.41 Å². The van der Waals surface area contributed by atoms with E-state index in [-0.39, 0.29) is 5.41 Å². The Morgan fingerprint density at radius 1 is 1.44 bits per heavy atom. The molecule has 0 aliphatic carbocycles. The molecule has 0 heterocycles. The Morgan fingerprint density at radius 3 is 2.69 bits per heavy atom. The van der Waals surface area contributed by atoms with Gasteiger partial charge in [0.2, 0.25) is 0 Å². The van der Waals surface area contributed by atoms with Crippen LogP contribution in [0.25, 0.3) is 0 Å². The van der Waals surface area contributed by atoms with Crippen molar-refractivity contribution in [3.8, 4) is 6.07 Å². The van der Waals surface area contributed by atoms with Crippen molar-refractivity contribution in [1.82, 2.24) is 5.32 Å². The van der Waals surface area contributed by atoms with E-state index in [9.17, 15) is 0 Å². The molecule has 3 heteroatoms. The van der Waals surface area contributed by atoms with Crippen LogP contribution < -0.4 is 5.32 Å². The van der Waals surface area contributed by atoms with Crippen LogP contribution >= 0.6 is 15.9 Å². The summed E-state index contributed by atoms with van der Waals surface area (Å²) in [5.74, 6) is 0. The fourth-order valence-electron chi connectivity index (χ4n) is 1.31. The van der Waals surface area contributed by atoms with Crippen LogP contribution in [0.5, 0.6) is 0 Å². The molecule has 1 N–H and O–H groups in total. The minimum Gasteiger partial charge on any atom is -0.311 e. The van der Waals surface area contributed by atoms with Gasteiger partial charge in [-0.2, -0.15) is 5.26 Å². The van der Waals surface area contributed by atoms with Crippen molar-refractivity contribution < 1.29 is 0 Å². The van der Waals surface area contributed by atoms with Crippen LogP contribution in [0, 0.1) is 23.7 Å². The number of hydrogen-bond acceptors (Lipinski definition) is 2. The molecule has 16 heavy (non-hydrogen) atoms. The summed E-state index contributed by atoms with van der Waals surface area (Å²) in [7, 11) is 0. The van der Waals surface area contributed by atoms with Crippen molar-refractivity contribution >= 4 is 15.9 Å². The van der Waals surface area contributed by atoms with E-state index >= 15 is 0 Å². The Labute approximate surface area is 106 Å². The van der Waals surface area contributed by atoms with Crippen LogP contribution in [0.3, 0.4) is 0 Å². The third-order valence-corrected chi connectivity index (χ3v) is 3.29. The number of rotatable bonds is 4. The number of nitrogens with one attached hydrogen (secondary N) is 1. The first-order valence-corrected chi connectivity index (χ1v) is 6.11. The summed E-state index contributed by atoms with van der Waals surface area (Å²) in [5, 5.41) is 12.2. The molecule has 0 saturated heterocycles. The highest BCUT2D eigenvalue weighted by molar-refractivity contribution is 9.10. The summed E-state index contributed by atoms with van der Waals surface area (Å²) in [5.41, 5.74) is 2.16. The molecule has 1 aromatic carbocycles. The average molecular weight is 281 g/mol. The lowest BCUT2D eigenvalue weighted by Crippen LogP contribution is -2.27. The Balaban J connectivity index is 2.50. The number of nitriles is 1. The Hall–Kier alpha value is -0.850. The molecule has 0 atom stereocenters. The maximum Gasteiger partial charge on any atom is 0.0697 e. The van der Waals surface area contributed by atoms with E-state index in [2.05, 4.69) is 52.4 Å². The second kappa shape index (κ2) is 5.47. The van der Waals surface area contributed by atoms with Gasteiger partial charge >= 0.3 is 0 Å². The van der Waals surface area contributed by atoms with E-state index in [1.165, 1.54) is 11.1 Å². The zero-order valence-electron chi connectivity index (χ0n) is 9.97. The fourth-order valence-corrected chi connectivity index (χ4v) is 1.73. The Bertz CT molecular complexity index is 405. The molecule has 0 aliphatic rings. The lowest BCUT2D eigenvalue weighted by molar-refractivity contribution is 0.445. The largest absolute Gasteiger partial charge is 0.311 e. The van der Waals surface area contributed by atoms with Crippen molar-refractivity contribution in [2.45, 2.75) is 27.3 Å². The van der Waals surface area contributed by atoms with Gasteiger partial charge in [-0.25, -0.2) is 0 Å². The highest BCUT2D eigenvalue weighted by atomic mass is 79.9. The quantitative estimate of drug-likeness (QED) is 0.918. The minimum absolute atomic E-state index is 0.304. The van der Waals surface area contributed by atoms with Crippen LogP contribution in [0.15, 0.2) is 22.7 Å². The van der Waals surface area contributed by atoms with Gasteiger partial charge in [0.25, 0.3) is 0 Å². The van der Waals surface area contributed by atoms with Crippen LogP contribution in [-0.2, 0) is 6.54 Å². The second-order valence-electron chi connectivity index (χ2n) is 4.68. The molecular weight excluding hydrogens is 264 g/mol. The van der Waals surface area contributed by atoms with Crippen LogP contribution in [-0.4, -0.2) is 6.54 Å². The Morgan fingerprint density at radius 2 is 2.12 bits per heavy atom. The van der Waals surface area contributed by atoms with Crippen molar-refractivity contribution in [3.05, 3.63) is 33.8 Å². The Kier molecular flexibility index (Phi) is 4.52.